The molecule has 3 nitrogen and oxygen atoms in total. The maximum atomic E-state index is 10.9. The van der Waals surface area contributed by atoms with E-state index in [9.17, 15) is 4.79 Å². The van der Waals surface area contributed by atoms with E-state index >= 15 is 0 Å². The first kappa shape index (κ1) is 8.68. The third-order valence-corrected chi connectivity index (χ3v) is 2.21. The first-order valence-corrected chi connectivity index (χ1v) is 4.02. The zero-order valence-electron chi connectivity index (χ0n) is 7.17. The summed E-state index contributed by atoms with van der Waals surface area (Å²) >= 11 is 0. The van der Waals surface area contributed by atoms with Crippen LogP contribution in [-0.2, 0) is 9.53 Å². The molecule has 1 rings (SSSR count). The lowest BCUT2D eigenvalue weighted by Gasteiger charge is -2.30. The van der Waals surface area contributed by atoms with Crippen LogP contribution in [0.5, 0.6) is 0 Å². The highest BCUT2D eigenvalue weighted by atomic mass is 16.5. The van der Waals surface area contributed by atoms with Gasteiger partial charge in [0.15, 0.2) is 0 Å². The number of hydrogen-bond donors (Lipinski definition) is 0. The Morgan fingerprint density at radius 2 is 2.00 bits per heavy atom. The smallest absolute Gasteiger partial charge is 0.135 e. The molecule has 0 saturated carbocycles. The van der Waals surface area contributed by atoms with Crippen LogP contribution in [0.3, 0.4) is 0 Å². The minimum atomic E-state index is 0.156. The van der Waals surface area contributed by atoms with Gasteiger partial charge in [0.05, 0.1) is 0 Å². The van der Waals surface area contributed by atoms with E-state index in [2.05, 4.69) is 4.90 Å². The Morgan fingerprint density at radius 1 is 1.45 bits per heavy atom. The summed E-state index contributed by atoms with van der Waals surface area (Å²) in [6, 6.07) is 0. The zero-order valence-corrected chi connectivity index (χ0v) is 7.17. The van der Waals surface area contributed by atoms with E-state index in [1.165, 1.54) is 0 Å². The highest BCUT2D eigenvalue weighted by molar-refractivity contribution is 5.79. The topological polar surface area (TPSA) is 29.5 Å². The van der Waals surface area contributed by atoms with Gasteiger partial charge in [-0.2, -0.15) is 0 Å². The van der Waals surface area contributed by atoms with Crippen molar-refractivity contribution < 1.29 is 9.53 Å². The van der Waals surface area contributed by atoms with Crippen molar-refractivity contribution in [1.29, 1.82) is 0 Å². The molecule has 0 aromatic rings. The molecule has 0 amide bonds. The van der Waals surface area contributed by atoms with Crippen molar-refractivity contribution in [3.05, 3.63) is 0 Å². The molecule has 0 aromatic carbocycles. The molecule has 0 aliphatic carbocycles. The minimum Gasteiger partial charge on any atom is -0.367 e. The van der Waals surface area contributed by atoms with Crippen LogP contribution < -0.4 is 0 Å². The summed E-state index contributed by atoms with van der Waals surface area (Å²) in [5.74, 6) is 0.379. The fourth-order valence-corrected chi connectivity index (χ4v) is 1.29. The van der Waals surface area contributed by atoms with Crippen LogP contribution in [0.1, 0.15) is 19.8 Å². The summed E-state index contributed by atoms with van der Waals surface area (Å²) in [5, 5.41) is 0. The van der Waals surface area contributed by atoms with Crippen LogP contribution in [0.15, 0.2) is 0 Å². The molecule has 1 aliphatic heterocycles. The first-order valence-electron chi connectivity index (χ1n) is 4.02. The Kier molecular flexibility index (Phi) is 3.02. The quantitative estimate of drug-likeness (QED) is 0.589. The van der Waals surface area contributed by atoms with Gasteiger partial charge < -0.3 is 4.74 Å². The number of piperidine rings is 1. The molecule has 0 bridgehead atoms. The number of methoxy groups -OCH3 is 1. The second-order valence-corrected chi connectivity index (χ2v) is 2.91. The third kappa shape index (κ3) is 2.27. The fourth-order valence-electron chi connectivity index (χ4n) is 1.29. The monoisotopic (exact) mass is 157 g/mol. The minimum absolute atomic E-state index is 0.156. The Labute approximate surface area is 67.3 Å². The van der Waals surface area contributed by atoms with Gasteiger partial charge in [0, 0.05) is 33.0 Å². The van der Waals surface area contributed by atoms with Crippen molar-refractivity contribution in [2.75, 3.05) is 20.2 Å². The Balaban J connectivity index is 2.32. The number of rotatable bonds is 2. The lowest BCUT2D eigenvalue weighted by atomic mass is 10.1. The summed E-state index contributed by atoms with van der Waals surface area (Å²) < 4.78 is 5.14. The number of Topliss-reactive ketones (excluding diaryl/α,β-unsaturated/α-hetero) is 1. The Bertz CT molecular complexity index is 137. The standard InChI is InChI=1S/C8H15NO2/c1-7(11-2)9-5-3-8(10)4-6-9/h7H,3-6H2,1-2H3. The van der Waals surface area contributed by atoms with Gasteiger partial charge in [0.25, 0.3) is 0 Å². The van der Waals surface area contributed by atoms with Crippen LogP contribution >= 0.6 is 0 Å². The second-order valence-electron chi connectivity index (χ2n) is 2.91. The molecule has 0 N–H and O–H groups in total. The molecule has 1 aliphatic rings. The van der Waals surface area contributed by atoms with E-state index in [0.29, 0.717) is 18.6 Å². The van der Waals surface area contributed by atoms with E-state index in [-0.39, 0.29) is 6.23 Å². The highest BCUT2D eigenvalue weighted by Crippen LogP contribution is 2.09. The number of likely N-dealkylation sites (tertiary alicyclic amines) is 1. The summed E-state index contributed by atoms with van der Waals surface area (Å²) in [5.41, 5.74) is 0. The average molecular weight is 157 g/mol. The van der Waals surface area contributed by atoms with Gasteiger partial charge in [-0.1, -0.05) is 0 Å². The Morgan fingerprint density at radius 3 is 2.45 bits per heavy atom. The number of ether oxygens (including phenoxy) is 1. The van der Waals surface area contributed by atoms with Crippen LogP contribution in [0.4, 0.5) is 0 Å². The molecule has 1 heterocycles. The largest absolute Gasteiger partial charge is 0.367 e. The van der Waals surface area contributed by atoms with Crippen molar-refractivity contribution in [3.63, 3.8) is 0 Å². The maximum absolute atomic E-state index is 10.9. The molecule has 11 heavy (non-hydrogen) atoms. The van der Waals surface area contributed by atoms with Crippen LogP contribution in [0.25, 0.3) is 0 Å². The average Bonchev–Trinajstić information content (AvgIpc) is 2.05. The predicted octanol–water partition coefficient (Wildman–Crippen LogP) is 0.644. The number of nitrogens with zero attached hydrogens (tertiary/aromatic N) is 1. The van der Waals surface area contributed by atoms with Crippen LogP contribution in [0.2, 0.25) is 0 Å². The molecule has 0 radical (unpaired) electrons. The molecule has 0 spiro atoms. The number of hydrogen-bond acceptors (Lipinski definition) is 3. The molecule has 64 valence electrons. The molecule has 1 unspecified atom stereocenters. The summed E-state index contributed by atoms with van der Waals surface area (Å²) in [6.07, 6.45) is 1.53. The number of carbonyl (C=O) groups is 1. The maximum Gasteiger partial charge on any atom is 0.135 e. The van der Waals surface area contributed by atoms with Crippen molar-refractivity contribution in [3.8, 4) is 0 Å². The number of carbonyl (C=O) groups excluding carboxylic acids is 1. The summed E-state index contributed by atoms with van der Waals surface area (Å²) in [7, 11) is 1.70. The molecule has 0 aromatic heterocycles. The van der Waals surface area contributed by atoms with E-state index in [0.717, 1.165) is 13.1 Å². The van der Waals surface area contributed by atoms with Gasteiger partial charge in [-0.3, -0.25) is 9.69 Å². The second kappa shape index (κ2) is 3.83. The predicted molar refractivity (Wildman–Crippen MR) is 42.3 cm³/mol. The normalized spacial score (nSPS) is 23.6. The fraction of sp³-hybridized carbons (Fsp3) is 0.875. The van der Waals surface area contributed by atoms with Crippen molar-refractivity contribution >= 4 is 5.78 Å². The highest BCUT2D eigenvalue weighted by Gasteiger charge is 2.19. The van der Waals surface area contributed by atoms with Crippen LogP contribution in [0, 0.1) is 0 Å². The lowest BCUT2D eigenvalue weighted by molar-refractivity contribution is -0.124. The van der Waals surface area contributed by atoms with Crippen molar-refractivity contribution in [2.24, 2.45) is 0 Å². The molecule has 1 atom stereocenters. The molecular weight excluding hydrogens is 142 g/mol. The van der Waals surface area contributed by atoms with Crippen molar-refractivity contribution in [2.45, 2.75) is 26.0 Å². The number of ketones is 1. The summed E-state index contributed by atoms with van der Waals surface area (Å²) in [6.45, 7) is 3.72. The molecule has 1 fully saturated rings. The van der Waals surface area contributed by atoms with Gasteiger partial charge in [-0.25, -0.2) is 0 Å². The van der Waals surface area contributed by atoms with E-state index in [1.807, 2.05) is 6.92 Å². The Hall–Kier alpha value is -0.410. The zero-order chi connectivity index (χ0) is 8.27. The van der Waals surface area contributed by atoms with Crippen LogP contribution in [-0.4, -0.2) is 37.1 Å². The van der Waals surface area contributed by atoms with Gasteiger partial charge in [0.2, 0.25) is 0 Å². The van der Waals surface area contributed by atoms with E-state index in [4.69, 9.17) is 4.74 Å². The van der Waals surface area contributed by atoms with Gasteiger partial charge >= 0.3 is 0 Å². The molecular formula is C8H15NO2. The molecule has 3 heteroatoms. The van der Waals surface area contributed by atoms with E-state index < -0.39 is 0 Å². The van der Waals surface area contributed by atoms with Gasteiger partial charge in [0.1, 0.15) is 12.0 Å². The lowest BCUT2D eigenvalue weighted by Crippen LogP contribution is -2.40. The first-order chi connectivity index (χ1) is 5.24. The molecule has 1 saturated heterocycles. The third-order valence-electron chi connectivity index (χ3n) is 2.21. The summed E-state index contributed by atoms with van der Waals surface area (Å²) in [4.78, 5) is 13.0. The van der Waals surface area contributed by atoms with Gasteiger partial charge in [-0.15, -0.1) is 0 Å². The SMILES string of the molecule is COC(C)N1CCC(=O)CC1. The van der Waals surface area contributed by atoms with Crippen molar-refractivity contribution in [1.82, 2.24) is 4.90 Å². The van der Waals surface area contributed by atoms with Gasteiger partial charge in [-0.05, 0) is 6.92 Å². The van der Waals surface area contributed by atoms with E-state index in [1.54, 1.807) is 7.11 Å².